The third-order valence-corrected chi connectivity index (χ3v) is 2.49. The summed E-state index contributed by atoms with van der Waals surface area (Å²) in [6.45, 7) is 0. The number of hydrogen-bond acceptors (Lipinski definition) is 3. The molecule has 0 aliphatic heterocycles. The fraction of sp³-hybridized carbons (Fsp3) is 0. The minimum absolute atomic E-state index is 0.140. The number of carbonyl (C=O) groups is 1. The summed E-state index contributed by atoms with van der Waals surface area (Å²) in [5.74, 6) is -0.140. The molecule has 2 aromatic rings. The Morgan fingerprint density at radius 2 is 1.76 bits per heavy atom. The first-order valence-corrected chi connectivity index (χ1v) is 5.25. The summed E-state index contributed by atoms with van der Waals surface area (Å²) in [6, 6.07) is 11.6. The molecule has 1 aromatic heterocycles. The number of halogens is 1. The standard InChI is InChI=1S/C13H7ClN2O/c14-12-6-5-11(8-16-12)13(17)10-3-1-9(7-15)2-4-10/h1-6,8H. The van der Waals surface area contributed by atoms with Crippen LogP contribution in [0.3, 0.4) is 0 Å². The molecule has 0 unspecified atom stereocenters. The minimum atomic E-state index is -0.140. The Hall–Kier alpha value is -2.18. The second-order valence-electron chi connectivity index (χ2n) is 3.39. The lowest BCUT2D eigenvalue weighted by molar-refractivity contribution is 0.103. The van der Waals surface area contributed by atoms with Crippen LogP contribution in [-0.2, 0) is 0 Å². The Bertz CT molecular complexity index is 582. The lowest BCUT2D eigenvalue weighted by atomic mass is 10.0. The van der Waals surface area contributed by atoms with Crippen molar-refractivity contribution < 1.29 is 4.79 Å². The molecule has 0 aliphatic carbocycles. The third kappa shape index (κ3) is 2.49. The van der Waals surface area contributed by atoms with Crippen molar-refractivity contribution in [3.8, 4) is 6.07 Å². The second-order valence-corrected chi connectivity index (χ2v) is 3.78. The summed E-state index contributed by atoms with van der Waals surface area (Å²) in [4.78, 5) is 15.8. The van der Waals surface area contributed by atoms with Crippen LogP contribution < -0.4 is 0 Å². The predicted octanol–water partition coefficient (Wildman–Crippen LogP) is 2.84. The van der Waals surface area contributed by atoms with Crippen molar-refractivity contribution in [3.05, 3.63) is 64.4 Å². The zero-order valence-corrected chi connectivity index (χ0v) is 9.48. The van der Waals surface area contributed by atoms with Gasteiger partial charge in [-0.1, -0.05) is 11.6 Å². The molecule has 0 saturated heterocycles. The molecule has 0 N–H and O–H groups in total. The molecule has 4 heteroatoms. The highest BCUT2D eigenvalue weighted by Crippen LogP contribution is 2.12. The molecule has 0 spiro atoms. The van der Waals surface area contributed by atoms with Gasteiger partial charge in [-0.3, -0.25) is 4.79 Å². The summed E-state index contributed by atoms with van der Waals surface area (Å²) in [5, 5.41) is 9.00. The van der Waals surface area contributed by atoms with E-state index in [0.29, 0.717) is 21.8 Å². The van der Waals surface area contributed by atoms with Crippen LogP contribution in [0.25, 0.3) is 0 Å². The number of carbonyl (C=O) groups excluding carboxylic acids is 1. The SMILES string of the molecule is N#Cc1ccc(C(=O)c2ccc(Cl)nc2)cc1. The summed E-state index contributed by atoms with van der Waals surface area (Å²) in [5.41, 5.74) is 1.52. The number of nitriles is 1. The van der Waals surface area contributed by atoms with Crippen LogP contribution in [0.4, 0.5) is 0 Å². The lowest BCUT2D eigenvalue weighted by Crippen LogP contribution is -2.01. The molecule has 2 rings (SSSR count). The molecule has 0 radical (unpaired) electrons. The van der Waals surface area contributed by atoms with E-state index in [1.807, 2.05) is 6.07 Å². The number of ketones is 1. The lowest BCUT2D eigenvalue weighted by Gasteiger charge is -2.00. The number of rotatable bonds is 2. The van der Waals surface area contributed by atoms with Crippen LogP contribution in [0.15, 0.2) is 42.6 Å². The first kappa shape index (κ1) is 11.3. The Balaban J connectivity index is 2.31. The maximum Gasteiger partial charge on any atom is 0.194 e. The highest BCUT2D eigenvalue weighted by Gasteiger charge is 2.09. The largest absolute Gasteiger partial charge is 0.289 e. The van der Waals surface area contributed by atoms with Gasteiger partial charge in [-0.2, -0.15) is 5.26 Å². The summed E-state index contributed by atoms with van der Waals surface area (Å²) >= 11 is 5.64. The van der Waals surface area contributed by atoms with Crippen LogP contribution in [0, 0.1) is 11.3 Å². The molecule has 82 valence electrons. The smallest absolute Gasteiger partial charge is 0.194 e. The van der Waals surface area contributed by atoms with Gasteiger partial charge in [0.05, 0.1) is 11.6 Å². The molecular weight excluding hydrogens is 236 g/mol. The van der Waals surface area contributed by atoms with Crippen molar-refractivity contribution in [3.63, 3.8) is 0 Å². The van der Waals surface area contributed by atoms with Gasteiger partial charge >= 0.3 is 0 Å². The van der Waals surface area contributed by atoms with Gasteiger partial charge in [0.25, 0.3) is 0 Å². The topological polar surface area (TPSA) is 53.8 Å². The minimum Gasteiger partial charge on any atom is -0.289 e. The number of hydrogen-bond donors (Lipinski definition) is 0. The van der Waals surface area contributed by atoms with Gasteiger partial charge in [-0.15, -0.1) is 0 Å². The average Bonchev–Trinajstić information content (AvgIpc) is 2.39. The van der Waals surface area contributed by atoms with E-state index in [4.69, 9.17) is 16.9 Å². The average molecular weight is 243 g/mol. The third-order valence-electron chi connectivity index (χ3n) is 2.27. The van der Waals surface area contributed by atoms with Gasteiger partial charge < -0.3 is 0 Å². The molecule has 0 amide bonds. The maximum absolute atomic E-state index is 12.0. The van der Waals surface area contributed by atoms with Gasteiger partial charge in [-0.05, 0) is 36.4 Å². The van der Waals surface area contributed by atoms with Crippen molar-refractivity contribution >= 4 is 17.4 Å². The maximum atomic E-state index is 12.0. The Labute approximate surface area is 103 Å². The zero-order chi connectivity index (χ0) is 12.3. The normalized spacial score (nSPS) is 9.65. The van der Waals surface area contributed by atoms with Crippen LogP contribution in [0.5, 0.6) is 0 Å². The van der Waals surface area contributed by atoms with Crippen LogP contribution in [-0.4, -0.2) is 10.8 Å². The first-order valence-electron chi connectivity index (χ1n) is 4.87. The molecular formula is C13H7ClN2O. The quantitative estimate of drug-likeness (QED) is 0.601. The summed E-state index contributed by atoms with van der Waals surface area (Å²) < 4.78 is 0. The molecule has 1 aromatic carbocycles. The van der Waals surface area contributed by atoms with E-state index in [2.05, 4.69) is 4.98 Å². The molecule has 0 bridgehead atoms. The molecule has 0 saturated carbocycles. The van der Waals surface area contributed by atoms with Crippen LogP contribution >= 0.6 is 11.6 Å². The Kier molecular flexibility index (Phi) is 3.17. The van der Waals surface area contributed by atoms with Gasteiger partial charge in [0.1, 0.15) is 5.15 Å². The van der Waals surface area contributed by atoms with Gasteiger partial charge in [0, 0.05) is 17.3 Å². The van der Waals surface area contributed by atoms with Crippen molar-refractivity contribution in [2.45, 2.75) is 0 Å². The van der Waals surface area contributed by atoms with E-state index < -0.39 is 0 Å². The van der Waals surface area contributed by atoms with Crippen molar-refractivity contribution in [2.24, 2.45) is 0 Å². The van der Waals surface area contributed by atoms with Gasteiger partial charge in [0.2, 0.25) is 0 Å². The molecule has 17 heavy (non-hydrogen) atoms. The molecule has 3 nitrogen and oxygen atoms in total. The Morgan fingerprint density at radius 1 is 1.12 bits per heavy atom. The van der Waals surface area contributed by atoms with E-state index in [1.165, 1.54) is 6.20 Å². The predicted molar refractivity (Wildman–Crippen MR) is 63.8 cm³/mol. The summed E-state index contributed by atoms with van der Waals surface area (Å²) in [6.07, 6.45) is 1.43. The number of aromatic nitrogens is 1. The molecule has 1 heterocycles. The number of nitrogens with zero attached hydrogens (tertiary/aromatic N) is 2. The molecule has 0 aliphatic rings. The van der Waals surface area contributed by atoms with E-state index in [0.717, 1.165) is 0 Å². The highest BCUT2D eigenvalue weighted by molar-refractivity contribution is 6.29. The highest BCUT2D eigenvalue weighted by atomic mass is 35.5. The fourth-order valence-electron chi connectivity index (χ4n) is 1.37. The summed E-state index contributed by atoms with van der Waals surface area (Å²) in [7, 11) is 0. The van der Waals surface area contributed by atoms with Crippen LogP contribution in [0.2, 0.25) is 5.15 Å². The van der Waals surface area contributed by atoms with Gasteiger partial charge in [0.15, 0.2) is 5.78 Å². The van der Waals surface area contributed by atoms with Crippen LogP contribution in [0.1, 0.15) is 21.5 Å². The molecule has 0 atom stereocenters. The first-order chi connectivity index (χ1) is 8.20. The van der Waals surface area contributed by atoms with Crippen molar-refractivity contribution in [1.82, 2.24) is 4.98 Å². The number of benzene rings is 1. The fourth-order valence-corrected chi connectivity index (χ4v) is 1.48. The van der Waals surface area contributed by atoms with E-state index in [1.54, 1.807) is 36.4 Å². The van der Waals surface area contributed by atoms with Gasteiger partial charge in [-0.25, -0.2) is 4.98 Å². The van der Waals surface area contributed by atoms with E-state index in [9.17, 15) is 4.79 Å². The Morgan fingerprint density at radius 3 is 2.29 bits per heavy atom. The monoisotopic (exact) mass is 242 g/mol. The number of pyridine rings is 1. The second kappa shape index (κ2) is 4.77. The van der Waals surface area contributed by atoms with Crippen molar-refractivity contribution in [2.75, 3.05) is 0 Å². The van der Waals surface area contributed by atoms with E-state index in [-0.39, 0.29) is 5.78 Å². The zero-order valence-electron chi connectivity index (χ0n) is 8.72. The van der Waals surface area contributed by atoms with E-state index >= 15 is 0 Å². The van der Waals surface area contributed by atoms with Crippen molar-refractivity contribution in [1.29, 1.82) is 5.26 Å². The molecule has 0 fully saturated rings.